The molecular formula is C24H29N5O2. The molecule has 3 heterocycles. The van der Waals surface area contributed by atoms with Crippen LogP contribution in [-0.2, 0) is 4.74 Å². The van der Waals surface area contributed by atoms with Gasteiger partial charge in [-0.3, -0.25) is 5.43 Å². The number of hydrogen-bond donors (Lipinski definition) is 1. The van der Waals surface area contributed by atoms with Crippen molar-refractivity contribution in [2.24, 2.45) is 0 Å². The lowest BCUT2D eigenvalue weighted by Crippen LogP contribution is -2.47. The first-order valence-corrected chi connectivity index (χ1v) is 11.1. The number of fused-ring (bicyclic) bond motifs is 1. The number of hydrogen-bond acceptors (Lipinski definition) is 7. The Labute approximate surface area is 183 Å². The molecule has 0 amide bonds. The van der Waals surface area contributed by atoms with Gasteiger partial charge in [-0.2, -0.15) is 0 Å². The van der Waals surface area contributed by atoms with Gasteiger partial charge in [-0.25, -0.2) is 15.0 Å². The van der Waals surface area contributed by atoms with Gasteiger partial charge in [0.15, 0.2) is 6.29 Å². The number of rotatable bonds is 5. The molecule has 162 valence electrons. The highest BCUT2D eigenvalue weighted by Gasteiger charge is 2.16. The van der Waals surface area contributed by atoms with Crippen molar-refractivity contribution in [3.05, 3.63) is 48.7 Å². The van der Waals surface area contributed by atoms with Crippen LogP contribution in [0.1, 0.15) is 19.3 Å². The summed E-state index contributed by atoms with van der Waals surface area (Å²) < 4.78 is 11.6. The summed E-state index contributed by atoms with van der Waals surface area (Å²) in [5.41, 5.74) is 6.55. The minimum atomic E-state index is -0.119. The first-order valence-electron chi connectivity index (χ1n) is 11.1. The highest BCUT2D eigenvalue weighted by Crippen LogP contribution is 2.27. The van der Waals surface area contributed by atoms with Crippen LogP contribution in [0.25, 0.3) is 22.0 Å². The fraction of sp³-hybridized carbons (Fsp3) is 0.417. The maximum absolute atomic E-state index is 5.94. The van der Waals surface area contributed by atoms with E-state index in [4.69, 9.17) is 14.5 Å². The van der Waals surface area contributed by atoms with Crippen molar-refractivity contribution < 1.29 is 9.47 Å². The van der Waals surface area contributed by atoms with Gasteiger partial charge in [-0.05, 0) is 55.3 Å². The van der Waals surface area contributed by atoms with Crippen LogP contribution in [0.2, 0.25) is 0 Å². The SMILES string of the molecule is CN1CCN(Nc2ncc3cc(-c4ccc(OC5CCCCO5)cc4)ccc3n2)CC1. The van der Waals surface area contributed by atoms with Gasteiger partial charge < -0.3 is 14.4 Å². The van der Waals surface area contributed by atoms with Crippen molar-refractivity contribution in [2.45, 2.75) is 25.6 Å². The third-order valence-electron chi connectivity index (χ3n) is 5.93. The number of piperazine rings is 1. The summed E-state index contributed by atoms with van der Waals surface area (Å²) in [4.78, 5) is 11.5. The molecule has 1 aromatic heterocycles. The van der Waals surface area contributed by atoms with Gasteiger partial charge in [0.25, 0.3) is 0 Å². The molecule has 1 atom stereocenters. The Kier molecular flexibility index (Phi) is 5.97. The summed E-state index contributed by atoms with van der Waals surface area (Å²) in [5, 5.41) is 3.20. The van der Waals surface area contributed by atoms with E-state index in [0.29, 0.717) is 5.95 Å². The number of aromatic nitrogens is 2. The molecule has 0 bridgehead atoms. The van der Waals surface area contributed by atoms with Crippen LogP contribution in [0.5, 0.6) is 5.75 Å². The average molecular weight is 420 g/mol. The van der Waals surface area contributed by atoms with Crippen LogP contribution in [0, 0.1) is 0 Å². The first kappa shape index (κ1) is 20.2. The molecule has 2 aliphatic heterocycles. The summed E-state index contributed by atoms with van der Waals surface area (Å²) in [5.74, 6) is 1.50. The van der Waals surface area contributed by atoms with Crippen molar-refractivity contribution in [2.75, 3.05) is 45.3 Å². The molecule has 2 aromatic carbocycles. The summed E-state index contributed by atoms with van der Waals surface area (Å²) in [7, 11) is 2.15. The van der Waals surface area contributed by atoms with Crippen molar-refractivity contribution in [3.8, 4) is 16.9 Å². The molecule has 0 aliphatic carbocycles. The fourth-order valence-electron chi connectivity index (χ4n) is 4.01. The number of nitrogens with zero attached hydrogens (tertiary/aromatic N) is 4. The quantitative estimate of drug-likeness (QED) is 0.675. The molecule has 2 fully saturated rings. The van der Waals surface area contributed by atoms with Gasteiger partial charge in [0.05, 0.1) is 12.1 Å². The molecule has 1 N–H and O–H groups in total. The molecule has 7 heteroatoms. The lowest BCUT2D eigenvalue weighted by Gasteiger charge is -2.32. The average Bonchev–Trinajstić information content (AvgIpc) is 2.81. The van der Waals surface area contributed by atoms with Gasteiger partial charge in [0.1, 0.15) is 5.75 Å². The van der Waals surface area contributed by atoms with Crippen LogP contribution < -0.4 is 10.2 Å². The zero-order valence-corrected chi connectivity index (χ0v) is 18.0. The predicted molar refractivity (Wildman–Crippen MR) is 122 cm³/mol. The Morgan fingerprint density at radius 3 is 2.58 bits per heavy atom. The van der Waals surface area contributed by atoms with Gasteiger partial charge in [-0.1, -0.05) is 18.2 Å². The molecular weight excluding hydrogens is 390 g/mol. The molecule has 5 rings (SSSR count). The van der Waals surface area contributed by atoms with E-state index in [2.05, 4.69) is 57.7 Å². The number of likely N-dealkylation sites (N-methyl/N-ethyl adjacent to an activating group) is 1. The Hall–Kier alpha value is -2.74. The van der Waals surface area contributed by atoms with Crippen LogP contribution in [0.15, 0.2) is 48.7 Å². The second kappa shape index (κ2) is 9.18. The first-order chi connectivity index (χ1) is 15.2. The van der Waals surface area contributed by atoms with E-state index in [1.807, 2.05) is 18.3 Å². The molecule has 31 heavy (non-hydrogen) atoms. The maximum atomic E-state index is 5.94. The minimum absolute atomic E-state index is 0.119. The molecule has 1 unspecified atom stereocenters. The molecule has 0 saturated carbocycles. The third kappa shape index (κ3) is 4.95. The van der Waals surface area contributed by atoms with Gasteiger partial charge in [0, 0.05) is 44.2 Å². The number of hydrazine groups is 1. The zero-order chi connectivity index (χ0) is 21.0. The second-order valence-electron chi connectivity index (χ2n) is 8.31. The van der Waals surface area contributed by atoms with Crippen LogP contribution in [0.4, 0.5) is 5.95 Å². The third-order valence-corrected chi connectivity index (χ3v) is 5.93. The Balaban J connectivity index is 1.27. The van der Waals surface area contributed by atoms with Gasteiger partial charge >= 0.3 is 0 Å². The molecule has 3 aromatic rings. The summed E-state index contributed by atoms with van der Waals surface area (Å²) in [6.07, 6.45) is 5.01. The number of nitrogens with one attached hydrogen (secondary N) is 1. The fourth-order valence-corrected chi connectivity index (χ4v) is 4.01. The van der Waals surface area contributed by atoms with E-state index < -0.39 is 0 Å². The smallest absolute Gasteiger partial charge is 0.238 e. The lowest BCUT2D eigenvalue weighted by molar-refractivity contribution is -0.105. The van der Waals surface area contributed by atoms with Crippen LogP contribution >= 0.6 is 0 Å². The van der Waals surface area contributed by atoms with E-state index in [-0.39, 0.29) is 6.29 Å². The molecule has 7 nitrogen and oxygen atoms in total. The zero-order valence-electron chi connectivity index (χ0n) is 18.0. The van der Waals surface area contributed by atoms with E-state index >= 15 is 0 Å². The summed E-state index contributed by atoms with van der Waals surface area (Å²) >= 11 is 0. The van der Waals surface area contributed by atoms with Crippen molar-refractivity contribution in [3.63, 3.8) is 0 Å². The van der Waals surface area contributed by atoms with E-state index in [9.17, 15) is 0 Å². The second-order valence-corrected chi connectivity index (χ2v) is 8.31. The van der Waals surface area contributed by atoms with E-state index in [1.165, 1.54) is 0 Å². The predicted octanol–water partition coefficient (Wildman–Crippen LogP) is 3.78. The Morgan fingerprint density at radius 1 is 1.00 bits per heavy atom. The van der Waals surface area contributed by atoms with Crippen molar-refractivity contribution in [1.82, 2.24) is 19.9 Å². The largest absolute Gasteiger partial charge is 0.465 e. The van der Waals surface area contributed by atoms with Gasteiger partial charge in [-0.15, -0.1) is 0 Å². The number of anilines is 1. The topological polar surface area (TPSA) is 62.8 Å². The molecule has 0 spiro atoms. The highest BCUT2D eigenvalue weighted by molar-refractivity contribution is 5.84. The summed E-state index contributed by atoms with van der Waals surface area (Å²) in [6.45, 7) is 4.80. The van der Waals surface area contributed by atoms with Crippen molar-refractivity contribution in [1.29, 1.82) is 0 Å². The molecule has 2 aliphatic rings. The van der Waals surface area contributed by atoms with Crippen LogP contribution in [-0.4, -0.2) is 66.0 Å². The van der Waals surface area contributed by atoms with E-state index in [1.54, 1.807) is 0 Å². The highest BCUT2D eigenvalue weighted by atomic mass is 16.7. The maximum Gasteiger partial charge on any atom is 0.238 e. The Morgan fingerprint density at radius 2 is 1.81 bits per heavy atom. The van der Waals surface area contributed by atoms with Gasteiger partial charge in [0.2, 0.25) is 5.95 Å². The van der Waals surface area contributed by atoms with Crippen molar-refractivity contribution >= 4 is 16.9 Å². The normalized spacial score (nSPS) is 20.6. The van der Waals surface area contributed by atoms with Crippen LogP contribution in [0.3, 0.4) is 0 Å². The number of benzene rings is 2. The van der Waals surface area contributed by atoms with E-state index in [0.717, 1.165) is 79.8 Å². The minimum Gasteiger partial charge on any atom is -0.465 e. The molecule has 2 saturated heterocycles. The summed E-state index contributed by atoms with van der Waals surface area (Å²) in [6, 6.07) is 14.5. The Bertz CT molecular complexity index is 1010. The number of ether oxygens (including phenoxy) is 2. The molecule has 0 radical (unpaired) electrons. The lowest BCUT2D eigenvalue weighted by atomic mass is 10.0. The standard InChI is InChI=1S/C24H29N5O2/c1-28-11-13-29(14-12-28)27-24-25-17-20-16-19(7-10-22(20)26-24)18-5-8-21(9-6-18)31-23-4-2-3-15-30-23/h5-10,16-17,23H,2-4,11-15H2,1H3,(H,25,26,27). The monoisotopic (exact) mass is 419 g/mol.